The highest BCUT2D eigenvalue weighted by Crippen LogP contribution is 2.24. The van der Waals surface area contributed by atoms with E-state index in [1.165, 1.54) is 12.8 Å². The van der Waals surface area contributed by atoms with Crippen LogP contribution in [0.5, 0.6) is 0 Å². The van der Waals surface area contributed by atoms with E-state index >= 15 is 0 Å². The van der Waals surface area contributed by atoms with Crippen molar-refractivity contribution < 1.29 is 8.42 Å². The highest BCUT2D eigenvalue weighted by molar-refractivity contribution is 9.10. The summed E-state index contributed by atoms with van der Waals surface area (Å²) in [7, 11) is -3.48. The maximum Gasteiger partial charge on any atom is 0.241 e. The van der Waals surface area contributed by atoms with Gasteiger partial charge in [-0.3, -0.25) is 0 Å². The van der Waals surface area contributed by atoms with Gasteiger partial charge in [-0.25, -0.2) is 13.1 Å². The molecule has 0 saturated heterocycles. The number of sulfonamides is 1. The molecule has 0 amide bonds. The minimum absolute atomic E-state index is 0.248. The normalized spacial score (nSPS) is 16.9. The van der Waals surface area contributed by atoms with Gasteiger partial charge in [0, 0.05) is 28.9 Å². The van der Waals surface area contributed by atoms with Crippen LogP contribution in [0.3, 0.4) is 0 Å². The van der Waals surface area contributed by atoms with E-state index in [0.717, 1.165) is 5.56 Å². The Kier molecular flexibility index (Phi) is 6.14. The first-order valence-electron chi connectivity index (χ1n) is 6.96. The van der Waals surface area contributed by atoms with Crippen molar-refractivity contribution in [3.05, 3.63) is 28.2 Å². The Balaban J connectivity index is 2.10. The highest BCUT2D eigenvalue weighted by Gasteiger charge is 2.21. The van der Waals surface area contributed by atoms with Gasteiger partial charge in [0.05, 0.1) is 4.90 Å². The van der Waals surface area contributed by atoms with E-state index in [2.05, 4.69) is 26.0 Å². The molecule has 0 heterocycles. The van der Waals surface area contributed by atoms with Crippen LogP contribution in [-0.4, -0.2) is 32.5 Å². The molecule has 4 nitrogen and oxygen atoms in total. The zero-order valence-corrected chi connectivity index (χ0v) is 15.4. The molecule has 21 heavy (non-hydrogen) atoms. The summed E-state index contributed by atoms with van der Waals surface area (Å²) in [5.74, 6) is 0. The minimum atomic E-state index is -3.48. The van der Waals surface area contributed by atoms with Crippen LogP contribution in [-0.2, 0) is 16.6 Å². The number of benzene rings is 1. The molecule has 2 rings (SSSR count). The molecule has 0 bridgehead atoms. The molecule has 1 aliphatic rings. The highest BCUT2D eigenvalue weighted by atomic mass is 79.9. The lowest BCUT2D eigenvalue weighted by Gasteiger charge is -2.13. The van der Waals surface area contributed by atoms with Crippen molar-refractivity contribution in [2.75, 3.05) is 12.8 Å². The predicted molar refractivity (Wildman–Crippen MR) is 92.2 cm³/mol. The number of hydrogen-bond acceptors (Lipinski definition) is 4. The van der Waals surface area contributed by atoms with E-state index in [1.807, 2.05) is 19.2 Å². The summed E-state index contributed by atoms with van der Waals surface area (Å²) in [6.45, 7) is 3.14. The van der Waals surface area contributed by atoms with Gasteiger partial charge in [0.1, 0.15) is 0 Å². The third-order valence-corrected chi connectivity index (χ3v) is 6.81. The molecule has 1 fully saturated rings. The molecule has 0 radical (unpaired) electrons. The van der Waals surface area contributed by atoms with Crippen LogP contribution in [0, 0.1) is 0 Å². The van der Waals surface area contributed by atoms with Crippen molar-refractivity contribution in [3.63, 3.8) is 0 Å². The summed E-state index contributed by atoms with van der Waals surface area (Å²) in [4.78, 5) is 0.311. The largest absolute Gasteiger partial charge is 0.310 e. The van der Waals surface area contributed by atoms with Crippen molar-refractivity contribution in [1.82, 2.24) is 10.0 Å². The molecule has 1 saturated carbocycles. The Morgan fingerprint density at radius 2 is 2.14 bits per heavy atom. The predicted octanol–water partition coefficient (Wildman–Crippen LogP) is 2.73. The van der Waals surface area contributed by atoms with E-state index < -0.39 is 10.0 Å². The van der Waals surface area contributed by atoms with Gasteiger partial charge in [-0.05, 0) is 52.7 Å². The van der Waals surface area contributed by atoms with Crippen LogP contribution >= 0.6 is 27.7 Å². The summed E-state index contributed by atoms with van der Waals surface area (Å²) in [6, 6.07) is 6.10. The molecular formula is C14H21BrN2O2S2. The maximum atomic E-state index is 12.4. The minimum Gasteiger partial charge on any atom is -0.310 e. The average Bonchev–Trinajstić information content (AvgIpc) is 3.28. The zero-order valence-electron chi connectivity index (χ0n) is 12.2. The summed E-state index contributed by atoms with van der Waals surface area (Å²) >= 11 is 4.98. The fourth-order valence-corrected chi connectivity index (χ4v) is 4.30. The van der Waals surface area contributed by atoms with E-state index in [1.54, 1.807) is 23.9 Å². The standard InChI is InChI=1S/C14H21BrN2O2S2/c1-10(20-2)8-17-21(18,19)14-7-11(3-6-13(14)15)9-16-12-4-5-12/h3,6-7,10,12,16-17H,4-5,8-9H2,1-2H3. The Morgan fingerprint density at radius 1 is 1.43 bits per heavy atom. The number of halogens is 1. The first-order chi connectivity index (χ1) is 9.92. The fraction of sp³-hybridized carbons (Fsp3) is 0.571. The molecule has 2 N–H and O–H groups in total. The van der Waals surface area contributed by atoms with E-state index in [0.29, 0.717) is 28.5 Å². The number of hydrogen-bond donors (Lipinski definition) is 2. The Bertz CT molecular complexity index is 589. The van der Waals surface area contributed by atoms with Crippen LogP contribution in [0.4, 0.5) is 0 Å². The van der Waals surface area contributed by atoms with Crippen molar-refractivity contribution in [2.24, 2.45) is 0 Å². The number of thioether (sulfide) groups is 1. The van der Waals surface area contributed by atoms with Gasteiger partial charge in [0.2, 0.25) is 10.0 Å². The van der Waals surface area contributed by atoms with Gasteiger partial charge in [0.15, 0.2) is 0 Å². The SMILES string of the molecule is CSC(C)CNS(=O)(=O)c1cc(CNC2CC2)ccc1Br. The summed E-state index contributed by atoms with van der Waals surface area (Å²) in [6.07, 6.45) is 4.41. The van der Waals surface area contributed by atoms with E-state index in [4.69, 9.17) is 0 Å². The lowest BCUT2D eigenvalue weighted by molar-refractivity contribution is 0.580. The summed E-state index contributed by atoms with van der Waals surface area (Å²) < 4.78 is 28.1. The molecule has 1 unspecified atom stereocenters. The van der Waals surface area contributed by atoms with Crippen molar-refractivity contribution >= 4 is 37.7 Å². The molecule has 7 heteroatoms. The van der Waals surface area contributed by atoms with Crippen LogP contribution < -0.4 is 10.0 Å². The second-order valence-electron chi connectivity index (χ2n) is 5.32. The topological polar surface area (TPSA) is 58.2 Å². The van der Waals surface area contributed by atoms with Crippen molar-refractivity contribution in [3.8, 4) is 0 Å². The molecule has 1 atom stereocenters. The van der Waals surface area contributed by atoms with Gasteiger partial charge in [-0.1, -0.05) is 13.0 Å². The monoisotopic (exact) mass is 392 g/mol. The van der Waals surface area contributed by atoms with Crippen molar-refractivity contribution in [2.45, 2.75) is 42.5 Å². The third-order valence-electron chi connectivity index (χ3n) is 3.42. The lowest BCUT2D eigenvalue weighted by Crippen LogP contribution is -2.30. The smallest absolute Gasteiger partial charge is 0.241 e. The maximum absolute atomic E-state index is 12.4. The van der Waals surface area contributed by atoms with E-state index in [9.17, 15) is 8.42 Å². The van der Waals surface area contributed by atoms with E-state index in [-0.39, 0.29) is 5.25 Å². The van der Waals surface area contributed by atoms with Crippen LogP contribution in [0.25, 0.3) is 0 Å². The molecule has 1 aliphatic carbocycles. The summed E-state index contributed by atoms with van der Waals surface area (Å²) in [5, 5.41) is 3.64. The molecule has 1 aromatic carbocycles. The average molecular weight is 393 g/mol. The van der Waals surface area contributed by atoms with Gasteiger partial charge >= 0.3 is 0 Å². The van der Waals surface area contributed by atoms with Gasteiger partial charge in [-0.2, -0.15) is 11.8 Å². The van der Waals surface area contributed by atoms with Gasteiger partial charge in [0.25, 0.3) is 0 Å². The third kappa shape index (κ3) is 5.25. The zero-order chi connectivity index (χ0) is 15.5. The Labute approximate surface area is 139 Å². The Hall–Kier alpha value is -0.0800. The first-order valence-corrected chi connectivity index (χ1v) is 10.5. The lowest BCUT2D eigenvalue weighted by atomic mass is 10.2. The van der Waals surface area contributed by atoms with Crippen LogP contribution in [0.1, 0.15) is 25.3 Å². The quantitative estimate of drug-likeness (QED) is 0.713. The number of rotatable bonds is 8. The van der Waals surface area contributed by atoms with Gasteiger partial charge in [-0.15, -0.1) is 0 Å². The Morgan fingerprint density at radius 3 is 2.76 bits per heavy atom. The molecular weight excluding hydrogens is 372 g/mol. The van der Waals surface area contributed by atoms with Gasteiger partial charge < -0.3 is 5.32 Å². The second kappa shape index (κ2) is 7.46. The first kappa shape index (κ1) is 17.3. The molecule has 118 valence electrons. The van der Waals surface area contributed by atoms with Crippen LogP contribution in [0.2, 0.25) is 0 Å². The summed E-state index contributed by atoms with van der Waals surface area (Å²) in [5.41, 5.74) is 0.989. The molecule has 0 aliphatic heterocycles. The fourth-order valence-electron chi connectivity index (χ4n) is 1.80. The molecule has 0 spiro atoms. The number of nitrogens with one attached hydrogen (secondary N) is 2. The molecule has 0 aromatic heterocycles. The van der Waals surface area contributed by atoms with Crippen molar-refractivity contribution in [1.29, 1.82) is 0 Å². The second-order valence-corrected chi connectivity index (χ2v) is 9.18. The molecule has 1 aromatic rings. The van der Waals surface area contributed by atoms with Crippen LogP contribution in [0.15, 0.2) is 27.6 Å².